The molecular weight excluding hydrogens is 300 g/mol. The Hall–Kier alpha value is -0.120. The number of fused-ring (bicyclic) bond motifs is 3. The van der Waals surface area contributed by atoms with Gasteiger partial charge in [-0.05, 0) is 87.9 Å². The maximum absolute atomic E-state index is 10.2. The third-order valence-corrected chi connectivity index (χ3v) is 10.1. The largest absolute Gasteiger partial charge is 0.393 e. The fourth-order valence-corrected chi connectivity index (χ4v) is 9.12. The maximum Gasteiger partial charge on any atom is 0.169 e. The highest BCUT2D eigenvalue weighted by molar-refractivity contribution is 5.26. The van der Waals surface area contributed by atoms with Crippen LogP contribution in [0.15, 0.2) is 0 Å². The lowest BCUT2D eigenvalue weighted by Crippen LogP contribution is -2.64. The molecule has 1 spiro atoms. The standard InChI is InChI=1S/C21H32O3/c1-18-8-5-14(22)11-13(18)3-4-16-15(18)6-9-20-12-23-19(2)17(20)7-10-21(16,20)24-19/h13-17,22H,3-12H2,1-2H3. The summed E-state index contributed by atoms with van der Waals surface area (Å²) in [5.41, 5.74) is 0.890. The Bertz CT molecular complexity index is 592. The predicted molar refractivity (Wildman–Crippen MR) is 90.2 cm³/mol. The number of hydrogen-bond acceptors (Lipinski definition) is 3. The first-order valence-electron chi connectivity index (χ1n) is 10.5. The summed E-state index contributed by atoms with van der Waals surface area (Å²) in [7, 11) is 0. The van der Waals surface area contributed by atoms with Crippen molar-refractivity contribution in [3.8, 4) is 0 Å². The molecule has 4 saturated carbocycles. The molecule has 2 aliphatic heterocycles. The van der Waals surface area contributed by atoms with Crippen LogP contribution in [0.2, 0.25) is 0 Å². The second-order valence-electron chi connectivity index (χ2n) is 10.5. The number of rotatable bonds is 0. The summed E-state index contributed by atoms with van der Waals surface area (Å²) in [5.74, 6) is 2.63. The molecule has 6 aliphatic rings. The van der Waals surface area contributed by atoms with Crippen molar-refractivity contribution in [2.45, 2.75) is 89.1 Å². The minimum atomic E-state index is -0.284. The third-order valence-electron chi connectivity index (χ3n) is 10.1. The molecule has 9 atom stereocenters. The van der Waals surface area contributed by atoms with Gasteiger partial charge in [0, 0.05) is 11.3 Å². The summed E-state index contributed by atoms with van der Waals surface area (Å²) < 4.78 is 13.1. The van der Waals surface area contributed by atoms with E-state index in [9.17, 15) is 5.11 Å². The van der Waals surface area contributed by atoms with Crippen LogP contribution in [0.1, 0.15) is 71.6 Å². The number of aliphatic hydroxyl groups is 1. The van der Waals surface area contributed by atoms with E-state index < -0.39 is 0 Å². The molecule has 0 amide bonds. The Balaban J connectivity index is 1.42. The van der Waals surface area contributed by atoms with Crippen LogP contribution in [-0.2, 0) is 9.47 Å². The van der Waals surface area contributed by atoms with Crippen molar-refractivity contribution in [2.24, 2.45) is 34.5 Å². The Kier molecular flexibility index (Phi) is 2.64. The molecule has 24 heavy (non-hydrogen) atoms. The van der Waals surface area contributed by atoms with E-state index in [1.165, 1.54) is 44.9 Å². The normalized spacial score (nSPS) is 66.9. The summed E-state index contributed by atoms with van der Waals surface area (Å²) in [4.78, 5) is 0. The first kappa shape index (κ1) is 15.0. The Morgan fingerprint density at radius 1 is 0.917 bits per heavy atom. The van der Waals surface area contributed by atoms with Gasteiger partial charge in [-0.1, -0.05) is 6.92 Å². The fraction of sp³-hybridized carbons (Fsp3) is 1.00. The molecule has 6 rings (SSSR count). The molecule has 0 aromatic heterocycles. The van der Waals surface area contributed by atoms with E-state index in [1.807, 2.05) is 0 Å². The van der Waals surface area contributed by atoms with Crippen molar-refractivity contribution in [2.75, 3.05) is 6.61 Å². The molecular formula is C21H32O3. The summed E-state index contributed by atoms with van der Waals surface area (Å²) in [5, 5.41) is 10.2. The summed E-state index contributed by atoms with van der Waals surface area (Å²) in [6.07, 6.45) is 11.1. The quantitative estimate of drug-likeness (QED) is 0.731. The van der Waals surface area contributed by atoms with Gasteiger partial charge in [0.1, 0.15) is 0 Å². The highest BCUT2D eigenvalue weighted by Gasteiger charge is 2.81. The summed E-state index contributed by atoms with van der Waals surface area (Å²) in [6.45, 7) is 5.74. The van der Waals surface area contributed by atoms with Gasteiger partial charge < -0.3 is 14.6 Å². The van der Waals surface area contributed by atoms with Gasteiger partial charge in [-0.2, -0.15) is 0 Å². The van der Waals surface area contributed by atoms with Crippen LogP contribution in [0.4, 0.5) is 0 Å². The van der Waals surface area contributed by atoms with Crippen molar-refractivity contribution in [3.63, 3.8) is 0 Å². The van der Waals surface area contributed by atoms with E-state index in [4.69, 9.17) is 9.47 Å². The molecule has 134 valence electrons. The molecule has 3 heteroatoms. The Morgan fingerprint density at radius 3 is 2.67 bits per heavy atom. The lowest BCUT2D eigenvalue weighted by Gasteiger charge is -2.64. The zero-order valence-corrected chi connectivity index (χ0v) is 15.2. The van der Waals surface area contributed by atoms with Crippen LogP contribution in [-0.4, -0.2) is 29.2 Å². The number of aliphatic hydroxyl groups excluding tert-OH is 1. The lowest BCUT2D eigenvalue weighted by molar-refractivity contribution is -0.332. The van der Waals surface area contributed by atoms with Crippen LogP contribution in [0.3, 0.4) is 0 Å². The molecule has 0 radical (unpaired) electrons. The minimum absolute atomic E-state index is 0.0466. The molecule has 2 saturated heterocycles. The van der Waals surface area contributed by atoms with Crippen molar-refractivity contribution in [3.05, 3.63) is 0 Å². The van der Waals surface area contributed by atoms with E-state index in [-0.39, 0.29) is 17.5 Å². The zero-order chi connectivity index (χ0) is 16.4. The Morgan fingerprint density at radius 2 is 1.79 bits per heavy atom. The van der Waals surface area contributed by atoms with Gasteiger partial charge in [0.2, 0.25) is 0 Å². The lowest BCUT2D eigenvalue weighted by atomic mass is 9.43. The van der Waals surface area contributed by atoms with Gasteiger partial charge in [-0.25, -0.2) is 0 Å². The van der Waals surface area contributed by atoms with Gasteiger partial charge in [0.25, 0.3) is 0 Å². The van der Waals surface area contributed by atoms with E-state index in [1.54, 1.807) is 0 Å². The molecule has 4 aliphatic carbocycles. The first-order valence-corrected chi connectivity index (χ1v) is 10.5. The maximum atomic E-state index is 10.2. The molecule has 2 heterocycles. The monoisotopic (exact) mass is 332 g/mol. The summed E-state index contributed by atoms with van der Waals surface area (Å²) in [6, 6.07) is 0. The van der Waals surface area contributed by atoms with Crippen LogP contribution in [0.5, 0.6) is 0 Å². The molecule has 3 nitrogen and oxygen atoms in total. The minimum Gasteiger partial charge on any atom is -0.393 e. The molecule has 9 unspecified atom stereocenters. The SMILES string of the molecule is CC12OCC34CCC5C(CCC6CC(O)CCC65C)C3(CCC14)O2. The highest BCUT2D eigenvalue weighted by atomic mass is 16.7. The smallest absolute Gasteiger partial charge is 0.169 e. The molecule has 0 aromatic carbocycles. The number of ether oxygens (including phenoxy) is 2. The molecule has 1 N–H and O–H groups in total. The van der Waals surface area contributed by atoms with Crippen molar-refractivity contribution in [1.82, 2.24) is 0 Å². The van der Waals surface area contributed by atoms with Crippen molar-refractivity contribution < 1.29 is 14.6 Å². The average Bonchev–Trinajstić information content (AvgIpc) is 3.11. The van der Waals surface area contributed by atoms with E-state index in [0.29, 0.717) is 16.7 Å². The van der Waals surface area contributed by atoms with Gasteiger partial charge in [0.05, 0.1) is 18.3 Å². The second-order valence-corrected chi connectivity index (χ2v) is 10.5. The fourth-order valence-electron chi connectivity index (χ4n) is 9.12. The van der Waals surface area contributed by atoms with Crippen LogP contribution in [0, 0.1) is 34.5 Å². The first-order chi connectivity index (χ1) is 11.4. The molecule has 6 fully saturated rings. The Labute approximate surface area is 145 Å². The van der Waals surface area contributed by atoms with Crippen LogP contribution >= 0.6 is 0 Å². The third kappa shape index (κ3) is 1.39. The van der Waals surface area contributed by atoms with Gasteiger partial charge in [-0.15, -0.1) is 0 Å². The van der Waals surface area contributed by atoms with Gasteiger partial charge >= 0.3 is 0 Å². The van der Waals surface area contributed by atoms with Crippen LogP contribution in [0.25, 0.3) is 0 Å². The van der Waals surface area contributed by atoms with E-state index >= 15 is 0 Å². The highest BCUT2D eigenvalue weighted by Crippen LogP contribution is 2.78. The van der Waals surface area contributed by atoms with Crippen molar-refractivity contribution in [1.29, 1.82) is 0 Å². The predicted octanol–water partition coefficient (Wildman–Crippen LogP) is 3.89. The second kappa shape index (κ2) is 4.23. The topological polar surface area (TPSA) is 38.7 Å². The van der Waals surface area contributed by atoms with E-state index in [0.717, 1.165) is 37.2 Å². The number of hydrogen-bond donors (Lipinski definition) is 1. The molecule has 4 bridgehead atoms. The van der Waals surface area contributed by atoms with Crippen LogP contribution < -0.4 is 0 Å². The van der Waals surface area contributed by atoms with Gasteiger partial charge in [-0.3, -0.25) is 0 Å². The van der Waals surface area contributed by atoms with E-state index in [2.05, 4.69) is 13.8 Å². The van der Waals surface area contributed by atoms with Crippen molar-refractivity contribution >= 4 is 0 Å². The molecule has 0 aromatic rings. The average molecular weight is 332 g/mol. The summed E-state index contributed by atoms with van der Waals surface area (Å²) >= 11 is 0. The van der Waals surface area contributed by atoms with Gasteiger partial charge in [0.15, 0.2) is 5.79 Å². The zero-order valence-electron chi connectivity index (χ0n) is 15.2.